The van der Waals surface area contributed by atoms with Crippen LogP contribution in [-0.2, 0) is 0 Å². The van der Waals surface area contributed by atoms with E-state index in [1.165, 1.54) is 12.1 Å². The van der Waals surface area contributed by atoms with E-state index in [1.54, 1.807) is 12.1 Å². The molecule has 0 heterocycles. The van der Waals surface area contributed by atoms with Crippen molar-refractivity contribution < 1.29 is 4.39 Å². The zero-order chi connectivity index (χ0) is 10.1. The Morgan fingerprint density at radius 3 is 2.43 bits per heavy atom. The topological polar surface area (TPSA) is 26.0 Å². The second-order valence-corrected chi connectivity index (χ2v) is 3.51. The summed E-state index contributed by atoms with van der Waals surface area (Å²) < 4.78 is 12.8. The number of fused-ring (bicyclic) bond motifs is 1. The summed E-state index contributed by atoms with van der Waals surface area (Å²) in [7, 11) is 0. The Labute approximate surface area is 86.3 Å². The molecule has 14 heavy (non-hydrogen) atoms. The van der Waals surface area contributed by atoms with Crippen LogP contribution in [0.4, 0.5) is 4.39 Å². The highest BCUT2D eigenvalue weighted by molar-refractivity contribution is 7.80. The van der Waals surface area contributed by atoms with Gasteiger partial charge in [0.1, 0.15) is 10.8 Å². The Morgan fingerprint density at radius 1 is 1.07 bits per heavy atom. The predicted octanol–water partition coefficient (Wildman–Crippen LogP) is 2.61. The Morgan fingerprint density at radius 2 is 1.71 bits per heavy atom. The summed E-state index contributed by atoms with van der Waals surface area (Å²) in [5, 5.41) is 1.79. The lowest BCUT2D eigenvalue weighted by Crippen LogP contribution is -2.08. The van der Waals surface area contributed by atoms with Crippen LogP contribution >= 0.6 is 12.2 Å². The Balaban J connectivity index is 2.67. The Bertz CT molecular complexity index is 508. The first-order chi connectivity index (χ1) is 6.66. The molecule has 0 aliphatic heterocycles. The molecule has 0 aromatic heterocycles. The van der Waals surface area contributed by atoms with Crippen LogP contribution in [0.1, 0.15) is 5.56 Å². The number of halogens is 1. The maximum Gasteiger partial charge on any atom is 0.123 e. The fourth-order valence-corrected chi connectivity index (χ4v) is 1.50. The molecule has 0 spiro atoms. The monoisotopic (exact) mass is 205 g/mol. The van der Waals surface area contributed by atoms with E-state index in [0.29, 0.717) is 4.99 Å². The third-order valence-electron chi connectivity index (χ3n) is 2.09. The minimum atomic E-state index is -0.236. The lowest BCUT2D eigenvalue weighted by molar-refractivity contribution is 0.630. The van der Waals surface area contributed by atoms with E-state index in [2.05, 4.69) is 0 Å². The number of thiocarbonyl (C=S) groups is 1. The SMILES string of the molecule is NC(=S)c1ccc2cc(F)ccc2c1. The van der Waals surface area contributed by atoms with Crippen LogP contribution in [0.25, 0.3) is 10.8 Å². The molecule has 2 rings (SSSR count). The number of nitrogens with two attached hydrogens (primary N) is 1. The van der Waals surface area contributed by atoms with Gasteiger partial charge in [-0.05, 0) is 29.0 Å². The average molecular weight is 205 g/mol. The van der Waals surface area contributed by atoms with Crippen LogP contribution in [0.5, 0.6) is 0 Å². The van der Waals surface area contributed by atoms with Crippen LogP contribution in [0.2, 0.25) is 0 Å². The van der Waals surface area contributed by atoms with E-state index in [9.17, 15) is 4.39 Å². The lowest BCUT2D eigenvalue weighted by Gasteiger charge is -2.01. The second-order valence-electron chi connectivity index (χ2n) is 3.07. The summed E-state index contributed by atoms with van der Waals surface area (Å²) in [4.78, 5) is 0.358. The van der Waals surface area contributed by atoms with E-state index in [1.807, 2.05) is 12.1 Å². The normalized spacial score (nSPS) is 10.4. The molecule has 0 bridgehead atoms. The summed E-state index contributed by atoms with van der Waals surface area (Å²) in [6.45, 7) is 0. The van der Waals surface area contributed by atoms with Gasteiger partial charge in [0.15, 0.2) is 0 Å². The smallest absolute Gasteiger partial charge is 0.123 e. The van der Waals surface area contributed by atoms with E-state index in [-0.39, 0.29) is 5.82 Å². The molecule has 0 unspecified atom stereocenters. The van der Waals surface area contributed by atoms with Gasteiger partial charge in [0.2, 0.25) is 0 Å². The van der Waals surface area contributed by atoms with E-state index in [0.717, 1.165) is 16.3 Å². The maximum atomic E-state index is 12.8. The minimum Gasteiger partial charge on any atom is -0.389 e. The van der Waals surface area contributed by atoms with E-state index < -0.39 is 0 Å². The van der Waals surface area contributed by atoms with Gasteiger partial charge in [-0.25, -0.2) is 4.39 Å². The van der Waals surface area contributed by atoms with Gasteiger partial charge < -0.3 is 5.73 Å². The molecule has 0 atom stereocenters. The molecule has 0 aliphatic carbocycles. The van der Waals surface area contributed by atoms with Crippen molar-refractivity contribution in [1.82, 2.24) is 0 Å². The van der Waals surface area contributed by atoms with Gasteiger partial charge in [-0.1, -0.05) is 30.4 Å². The molecule has 2 aromatic carbocycles. The van der Waals surface area contributed by atoms with Gasteiger partial charge in [0, 0.05) is 5.56 Å². The van der Waals surface area contributed by atoms with Crippen molar-refractivity contribution in [2.24, 2.45) is 5.73 Å². The first kappa shape index (κ1) is 9.09. The number of benzene rings is 2. The quantitative estimate of drug-likeness (QED) is 0.724. The molecule has 70 valence electrons. The van der Waals surface area contributed by atoms with Crippen molar-refractivity contribution in [2.45, 2.75) is 0 Å². The van der Waals surface area contributed by atoms with Crippen molar-refractivity contribution in [1.29, 1.82) is 0 Å². The van der Waals surface area contributed by atoms with Gasteiger partial charge >= 0.3 is 0 Å². The fourth-order valence-electron chi connectivity index (χ4n) is 1.37. The number of hydrogen-bond acceptors (Lipinski definition) is 1. The number of rotatable bonds is 1. The molecule has 2 N–H and O–H groups in total. The summed E-state index contributed by atoms with van der Waals surface area (Å²) in [6.07, 6.45) is 0. The lowest BCUT2D eigenvalue weighted by atomic mass is 10.1. The largest absolute Gasteiger partial charge is 0.389 e. The zero-order valence-corrected chi connectivity index (χ0v) is 8.14. The highest BCUT2D eigenvalue weighted by Crippen LogP contribution is 2.17. The van der Waals surface area contributed by atoms with Crippen molar-refractivity contribution in [3.63, 3.8) is 0 Å². The molecule has 1 nitrogen and oxygen atoms in total. The van der Waals surface area contributed by atoms with Crippen molar-refractivity contribution in [2.75, 3.05) is 0 Å². The molecule has 2 aromatic rings. The van der Waals surface area contributed by atoms with Crippen molar-refractivity contribution >= 4 is 28.0 Å². The first-order valence-electron chi connectivity index (χ1n) is 4.16. The standard InChI is InChI=1S/C11H8FNS/c12-10-4-3-7-5-9(11(13)14)2-1-8(7)6-10/h1-6H,(H2,13,14). The van der Waals surface area contributed by atoms with Gasteiger partial charge in [-0.3, -0.25) is 0 Å². The predicted molar refractivity (Wildman–Crippen MR) is 59.8 cm³/mol. The minimum absolute atomic E-state index is 0.236. The van der Waals surface area contributed by atoms with Crippen LogP contribution in [0.3, 0.4) is 0 Å². The van der Waals surface area contributed by atoms with Gasteiger partial charge in [-0.15, -0.1) is 0 Å². The molecule has 3 heteroatoms. The van der Waals surface area contributed by atoms with E-state index >= 15 is 0 Å². The van der Waals surface area contributed by atoms with Crippen LogP contribution in [-0.4, -0.2) is 4.99 Å². The van der Waals surface area contributed by atoms with Crippen LogP contribution < -0.4 is 5.73 Å². The molecule has 0 saturated carbocycles. The van der Waals surface area contributed by atoms with Gasteiger partial charge in [0.25, 0.3) is 0 Å². The van der Waals surface area contributed by atoms with Gasteiger partial charge in [-0.2, -0.15) is 0 Å². The fraction of sp³-hybridized carbons (Fsp3) is 0. The number of hydrogen-bond donors (Lipinski definition) is 1. The van der Waals surface area contributed by atoms with E-state index in [4.69, 9.17) is 18.0 Å². The summed E-state index contributed by atoms with van der Waals surface area (Å²) >= 11 is 4.85. The third kappa shape index (κ3) is 1.59. The highest BCUT2D eigenvalue weighted by atomic mass is 32.1. The maximum absolute atomic E-state index is 12.8. The Hall–Kier alpha value is -1.48. The van der Waals surface area contributed by atoms with Crippen molar-refractivity contribution in [3.8, 4) is 0 Å². The molecule has 0 aliphatic rings. The average Bonchev–Trinajstić information content (AvgIpc) is 2.16. The summed E-state index contributed by atoms with van der Waals surface area (Å²) in [5.74, 6) is -0.236. The Kier molecular flexibility index (Phi) is 2.17. The third-order valence-corrected chi connectivity index (χ3v) is 2.32. The highest BCUT2D eigenvalue weighted by Gasteiger charge is 1.99. The molecule has 0 radical (unpaired) electrons. The van der Waals surface area contributed by atoms with Gasteiger partial charge in [0.05, 0.1) is 0 Å². The molecule has 0 fully saturated rings. The first-order valence-corrected chi connectivity index (χ1v) is 4.57. The zero-order valence-electron chi connectivity index (χ0n) is 7.33. The molecule has 0 amide bonds. The molecular formula is C11H8FNS. The van der Waals surface area contributed by atoms with Crippen LogP contribution in [0.15, 0.2) is 36.4 Å². The second kappa shape index (κ2) is 3.35. The molecular weight excluding hydrogens is 197 g/mol. The van der Waals surface area contributed by atoms with Crippen LogP contribution in [0, 0.1) is 5.82 Å². The summed E-state index contributed by atoms with van der Waals surface area (Å²) in [5.41, 5.74) is 6.30. The summed E-state index contributed by atoms with van der Waals surface area (Å²) in [6, 6.07) is 10.1. The van der Waals surface area contributed by atoms with Crippen molar-refractivity contribution in [3.05, 3.63) is 47.8 Å². The molecule has 0 saturated heterocycles.